The molecule has 0 amide bonds. The molecule has 0 radical (unpaired) electrons. The second-order valence-electron chi connectivity index (χ2n) is 7.12. The quantitative estimate of drug-likeness (QED) is 0.539. The molecule has 1 fully saturated rings. The molecule has 0 aliphatic heterocycles. The third kappa shape index (κ3) is 2.69. The highest BCUT2D eigenvalue weighted by molar-refractivity contribution is 14.1. The lowest BCUT2D eigenvalue weighted by Crippen LogP contribution is -2.49. The molecule has 0 heterocycles. The monoisotopic (exact) mass is 381 g/mol. The summed E-state index contributed by atoms with van der Waals surface area (Å²) < 4.78 is 1.33. The molecule has 0 aromatic heterocycles. The number of nitrogens with zero attached hydrogens (tertiary/aromatic N) is 1. The molecule has 2 heteroatoms. The van der Waals surface area contributed by atoms with Crippen LogP contribution in [0.4, 0.5) is 0 Å². The first-order valence-corrected chi connectivity index (χ1v) is 8.66. The van der Waals surface area contributed by atoms with E-state index in [0.717, 1.165) is 24.9 Å². The molecule has 108 valence electrons. The third-order valence-corrected chi connectivity index (χ3v) is 6.05. The molecule has 2 bridgehead atoms. The van der Waals surface area contributed by atoms with Crippen LogP contribution in [-0.4, -0.2) is 18.5 Å². The molecular formula is C18H24IN. The first-order valence-electron chi connectivity index (χ1n) is 7.58. The standard InChI is InChI=1S/C18H24IN/c1-18(2)15-8-7-14(17(18)10-15)12-20(3)11-13-5-4-6-16(19)9-13/h4-7,9,15,17H,8,10-12H2,1-3H3/t15-,17-/m0/s1. The van der Waals surface area contributed by atoms with E-state index in [1.165, 1.54) is 22.0 Å². The average Bonchev–Trinajstić information content (AvgIpc) is 2.38. The number of benzene rings is 1. The Bertz CT molecular complexity index is 532. The number of allylic oxidation sites excluding steroid dienone is 1. The molecule has 1 aromatic rings. The van der Waals surface area contributed by atoms with Gasteiger partial charge in [0, 0.05) is 16.7 Å². The molecule has 1 saturated carbocycles. The van der Waals surface area contributed by atoms with Crippen LogP contribution in [0.1, 0.15) is 32.3 Å². The van der Waals surface area contributed by atoms with E-state index >= 15 is 0 Å². The maximum absolute atomic E-state index is 2.52. The van der Waals surface area contributed by atoms with Gasteiger partial charge in [0.1, 0.15) is 0 Å². The topological polar surface area (TPSA) is 3.24 Å². The van der Waals surface area contributed by atoms with Gasteiger partial charge in [-0.25, -0.2) is 0 Å². The summed E-state index contributed by atoms with van der Waals surface area (Å²) in [5.41, 5.74) is 3.65. The van der Waals surface area contributed by atoms with Gasteiger partial charge in [0.25, 0.3) is 0 Å². The second kappa shape index (κ2) is 5.45. The minimum Gasteiger partial charge on any atom is -0.298 e. The van der Waals surface area contributed by atoms with Crippen LogP contribution in [0.25, 0.3) is 0 Å². The summed E-state index contributed by atoms with van der Waals surface area (Å²) in [5.74, 6) is 1.77. The van der Waals surface area contributed by atoms with Crippen LogP contribution in [0, 0.1) is 20.8 Å². The largest absolute Gasteiger partial charge is 0.298 e. The van der Waals surface area contributed by atoms with Crippen molar-refractivity contribution in [2.24, 2.45) is 17.3 Å². The fourth-order valence-electron chi connectivity index (χ4n) is 3.97. The fourth-order valence-corrected chi connectivity index (χ4v) is 4.58. The molecule has 3 aliphatic rings. The van der Waals surface area contributed by atoms with Gasteiger partial charge in [0.2, 0.25) is 0 Å². The molecule has 0 N–H and O–H groups in total. The van der Waals surface area contributed by atoms with Crippen molar-refractivity contribution in [1.82, 2.24) is 4.90 Å². The SMILES string of the molecule is CN(CC1=CC[C@H]2C[C@@H]1C2(C)C)Cc1cccc(I)c1. The molecule has 0 spiro atoms. The van der Waals surface area contributed by atoms with Crippen LogP contribution in [0.15, 0.2) is 35.9 Å². The Morgan fingerprint density at radius 2 is 2.10 bits per heavy atom. The predicted molar refractivity (Wildman–Crippen MR) is 93.6 cm³/mol. The van der Waals surface area contributed by atoms with E-state index in [-0.39, 0.29) is 0 Å². The van der Waals surface area contributed by atoms with Crippen molar-refractivity contribution in [3.8, 4) is 0 Å². The van der Waals surface area contributed by atoms with E-state index in [4.69, 9.17) is 0 Å². The second-order valence-corrected chi connectivity index (χ2v) is 8.37. The van der Waals surface area contributed by atoms with E-state index in [2.05, 4.69) is 78.7 Å². The summed E-state index contributed by atoms with van der Waals surface area (Å²) in [6, 6.07) is 8.84. The highest BCUT2D eigenvalue weighted by atomic mass is 127. The Hall–Kier alpha value is -0.350. The Kier molecular flexibility index (Phi) is 3.97. The summed E-state index contributed by atoms with van der Waals surface area (Å²) in [7, 11) is 2.25. The molecule has 0 unspecified atom stereocenters. The van der Waals surface area contributed by atoms with E-state index in [1.54, 1.807) is 5.57 Å². The minimum atomic E-state index is 0.549. The first kappa shape index (κ1) is 14.6. The fraction of sp³-hybridized carbons (Fsp3) is 0.556. The zero-order valence-electron chi connectivity index (χ0n) is 12.7. The Morgan fingerprint density at radius 1 is 1.30 bits per heavy atom. The summed E-state index contributed by atoms with van der Waals surface area (Å²) in [4.78, 5) is 2.46. The minimum absolute atomic E-state index is 0.549. The van der Waals surface area contributed by atoms with Crippen LogP contribution in [-0.2, 0) is 6.54 Å². The Morgan fingerprint density at radius 3 is 2.75 bits per heavy atom. The van der Waals surface area contributed by atoms with Crippen LogP contribution in [0.5, 0.6) is 0 Å². The van der Waals surface area contributed by atoms with Gasteiger partial charge < -0.3 is 0 Å². The smallest absolute Gasteiger partial charge is 0.0234 e. The molecule has 20 heavy (non-hydrogen) atoms. The van der Waals surface area contributed by atoms with Crippen molar-refractivity contribution in [3.63, 3.8) is 0 Å². The molecule has 1 aromatic carbocycles. The Labute approximate surface area is 136 Å². The normalized spacial score (nSPS) is 27.1. The number of fused-ring (bicyclic) bond motifs is 1. The van der Waals surface area contributed by atoms with Crippen molar-refractivity contribution >= 4 is 22.6 Å². The van der Waals surface area contributed by atoms with Crippen LogP contribution in [0.3, 0.4) is 0 Å². The zero-order valence-corrected chi connectivity index (χ0v) is 14.9. The average molecular weight is 381 g/mol. The molecule has 4 rings (SSSR count). The number of halogens is 1. The van der Waals surface area contributed by atoms with Crippen LogP contribution in [0.2, 0.25) is 0 Å². The van der Waals surface area contributed by atoms with Gasteiger partial charge in [-0.05, 0) is 77.4 Å². The van der Waals surface area contributed by atoms with Crippen LogP contribution < -0.4 is 0 Å². The summed E-state index contributed by atoms with van der Waals surface area (Å²) in [6.45, 7) is 7.09. The molecule has 2 atom stereocenters. The molecule has 3 aliphatic carbocycles. The van der Waals surface area contributed by atoms with Crippen molar-refractivity contribution < 1.29 is 0 Å². The summed E-state index contributed by atoms with van der Waals surface area (Å²) in [5, 5.41) is 0. The number of hydrogen-bond donors (Lipinski definition) is 0. The van der Waals surface area contributed by atoms with Crippen molar-refractivity contribution in [2.45, 2.75) is 33.2 Å². The zero-order chi connectivity index (χ0) is 14.3. The number of hydrogen-bond acceptors (Lipinski definition) is 1. The van der Waals surface area contributed by atoms with Gasteiger partial charge in [-0.15, -0.1) is 0 Å². The summed E-state index contributed by atoms with van der Waals surface area (Å²) in [6.07, 6.45) is 5.25. The molecular weight excluding hydrogens is 357 g/mol. The number of likely N-dealkylation sites (N-methyl/N-ethyl adjacent to an activating group) is 1. The van der Waals surface area contributed by atoms with Crippen molar-refractivity contribution in [2.75, 3.05) is 13.6 Å². The molecule has 1 nitrogen and oxygen atoms in total. The van der Waals surface area contributed by atoms with Gasteiger partial charge in [-0.3, -0.25) is 4.90 Å². The Balaban J connectivity index is 1.62. The van der Waals surface area contributed by atoms with Gasteiger partial charge in [-0.1, -0.05) is 37.6 Å². The maximum atomic E-state index is 2.52. The number of rotatable bonds is 4. The van der Waals surface area contributed by atoms with Crippen LogP contribution >= 0.6 is 22.6 Å². The highest BCUT2D eigenvalue weighted by Gasteiger charge is 2.50. The highest BCUT2D eigenvalue weighted by Crippen LogP contribution is 2.59. The van der Waals surface area contributed by atoms with Crippen molar-refractivity contribution in [3.05, 3.63) is 45.0 Å². The summed E-state index contributed by atoms with van der Waals surface area (Å²) >= 11 is 2.39. The van der Waals surface area contributed by atoms with Gasteiger partial charge >= 0.3 is 0 Å². The molecule has 0 saturated heterocycles. The lowest BCUT2D eigenvalue weighted by Gasteiger charge is -2.57. The lowest BCUT2D eigenvalue weighted by molar-refractivity contribution is -0.0101. The maximum Gasteiger partial charge on any atom is 0.0234 e. The van der Waals surface area contributed by atoms with Crippen molar-refractivity contribution in [1.29, 1.82) is 0 Å². The van der Waals surface area contributed by atoms with E-state index in [1.807, 2.05) is 0 Å². The van der Waals surface area contributed by atoms with E-state index in [9.17, 15) is 0 Å². The van der Waals surface area contributed by atoms with Gasteiger partial charge in [-0.2, -0.15) is 0 Å². The third-order valence-electron chi connectivity index (χ3n) is 5.38. The first-order chi connectivity index (χ1) is 9.46. The van der Waals surface area contributed by atoms with E-state index < -0.39 is 0 Å². The van der Waals surface area contributed by atoms with Gasteiger partial charge in [0.05, 0.1) is 0 Å². The van der Waals surface area contributed by atoms with Gasteiger partial charge in [0.15, 0.2) is 0 Å². The predicted octanol–water partition coefficient (Wildman–Crippen LogP) is 4.72. The lowest BCUT2D eigenvalue weighted by atomic mass is 9.49. The van der Waals surface area contributed by atoms with E-state index in [0.29, 0.717) is 5.41 Å².